The number of hydrogen-bond donors (Lipinski definition) is 1. The quantitative estimate of drug-likeness (QED) is 0.807. The van der Waals surface area contributed by atoms with Gasteiger partial charge in [-0.25, -0.2) is 13.8 Å². The van der Waals surface area contributed by atoms with E-state index in [9.17, 15) is 8.78 Å². The molecule has 1 rings (SSSR count). The van der Waals surface area contributed by atoms with Crippen molar-refractivity contribution < 1.29 is 8.78 Å². The summed E-state index contributed by atoms with van der Waals surface area (Å²) >= 11 is 0. The van der Waals surface area contributed by atoms with Crippen LogP contribution in [0.3, 0.4) is 0 Å². The van der Waals surface area contributed by atoms with Crippen LogP contribution in [0.5, 0.6) is 0 Å². The molecule has 0 amide bonds. The van der Waals surface area contributed by atoms with Gasteiger partial charge in [-0.15, -0.1) is 0 Å². The van der Waals surface area contributed by atoms with Gasteiger partial charge < -0.3 is 10.6 Å². The van der Waals surface area contributed by atoms with Crippen molar-refractivity contribution in [3.8, 4) is 0 Å². The molecule has 0 aliphatic carbocycles. The summed E-state index contributed by atoms with van der Waals surface area (Å²) < 4.78 is 24.6. The standard InChI is InChI=1S/C10H15F2N3/c1-8-3-2-5-14-10(8)15(6-4-13)7-9(11)12/h2-3,5,9H,4,6-7,13H2,1H3. The molecular weight excluding hydrogens is 200 g/mol. The van der Waals surface area contributed by atoms with Gasteiger partial charge in [-0.1, -0.05) is 6.07 Å². The third-order valence-electron chi connectivity index (χ3n) is 2.04. The van der Waals surface area contributed by atoms with Crippen molar-refractivity contribution in [2.24, 2.45) is 5.73 Å². The van der Waals surface area contributed by atoms with Crippen molar-refractivity contribution in [1.82, 2.24) is 4.98 Å². The van der Waals surface area contributed by atoms with E-state index >= 15 is 0 Å². The Bertz CT molecular complexity index is 304. The van der Waals surface area contributed by atoms with Crippen LogP contribution in [0.4, 0.5) is 14.6 Å². The number of hydrogen-bond acceptors (Lipinski definition) is 3. The van der Waals surface area contributed by atoms with Crippen LogP contribution in [0.25, 0.3) is 0 Å². The molecule has 0 unspecified atom stereocenters. The zero-order chi connectivity index (χ0) is 11.3. The summed E-state index contributed by atoms with van der Waals surface area (Å²) in [7, 11) is 0. The molecule has 15 heavy (non-hydrogen) atoms. The minimum Gasteiger partial charge on any atom is -0.349 e. The highest BCUT2D eigenvalue weighted by atomic mass is 19.3. The maximum absolute atomic E-state index is 12.3. The van der Waals surface area contributed by atoms with Crippen molar-refractivity contribution in [2.75, 3.05) is 24.5 Å². The average molecular weight is 215 g/mol. The Kier molecular flexibility index (Phi) is 4.42. The van der Waals surface area contributed by atoms with E-state index in [2.05, 4.69) is 4.98 Å². The van der Waals surface area contributed by atoms with Gasteiger partial charge >= 0.3 is 0 Å². The average Bonchev–Trinajstić information content (AvgIpc) is 2.17. The van der Waals surface area contributed by atoms with E-state index < -0.39 is 6.43 Å². The molecule has 0 bridgehead atoms. The third-order valence-corrected chi connectivity index (χ3v) is 2.04. The number of aromatic nitrogens is 1. The first-order valence-corrected chi connectivity index (χ1v) is 4.80. The monoisotopic (exact) mass is 215 g/mol. The number of aryl methyl sites for hydroxylation is 1. The van der Waals surface area contributed by atoms with Gasteiger partial charge in [-0.3, -0.25) is 0 Å². The van der Waals surface area contributed by atoms with Gasteiger partial charge in [0.25, 0.3) is 6.43 Å². The van der Waals surface area contributed by atoms with Gasteiger partial charge in [0.2, 0.25) is 0 Å². The van der Waals surface area contributed by atoms with Gasteiger partial charge in [0, 0.05) is 19.3 Å². The van der Waals surface area contributed by atoms with Crippen LogP contribution in [0.1, 0.15) is 5.56 Å². The van der Waals surface area contributed by atoms with E-state index in [-0.39, 0.29) is 6.54 Å². The van der Waals surface area contributed by atoms with E-state index in [1.165, 1.54) is 4.90 Å². The number of anilines is 1. The lowest BCUT2D eigenvalue weighted by molar-refractivity contribution is 0.154. The summed E-state index contributed by atoms with van der Waals surface area (Å²) in [6, 6.07) is 3.62. The van der Waals surface area contributed by atoms with Crippen LogP contribution >= 0.6 is 0 Å². The summed E-state index contributed by atoms with van der Waals surface area (Å²) in [6.45, 7) is 2.25. The Labute approximate surface area is 87.9 Å². The SMILES string of the molecule is Cc1cccnc1N(CCN)CC(F)F. The maximum atomic E-state index is 12.3. The molecule has 2 N–H and O–H groups in total. The smallest absolute Gasteiger partial charge is 0.255 e. The van der Waals surface area contributed by atoms with Gasteiger partial charge in [-0.2, -0.15) is 0 Å². The molecule has 0 aliphatic heterocycles. The minimum absolute atomic E-state index is 0.324. The lowest BCUT2D eigenvalue weighted by Crippen LogP contribution is -2.34. The van der Waals surface area contributed by atoms with E-state index in [1.807, 2.05) is 13.0 Å². The van der Waals surface area contributed by atoms with Gasteiger partial charge in [-0.05, 0) is 18.6 Å². The van der Waals surface area contributed by atoms with E-state index in [4.69, 9.17) is 5.73 Å². The first-order chi connectivity index (χ1) is 7.15. The van der Waals surface area contributed by atoms with Crippen LogP contribution in [0.2, 0.25) is 0 Å². The number of halogens is 2. The number of alkyl halides is 2. The number of nitrogens with zero attached hydrogens (tertiary/aromatic N) is 2. The summed E-state index contributed by atoms with van der Waals surface area (Å²) in [5.74, 6) is 0.586. The third kappa shape index (κ3) is 3.43. The van der Waals surface area contributed by atoms with Crippen LogP contribution in [0, 0.1) is 6.92 Å². The topological polar surface area (TPSA) is 42.2 Å². The second kappa shape index (κ2) is 5.60. The van der Waals surface area contributed by atoms with Gasteiger partial charge in [0.05, 0.1) is 6.54 Å². The Balaban J connectivity index is 2.83. The van der Waals surface area contributed by atoms with Crippen molar-refractivity contribution >= 4 is 5.82 Å². The molecule has 1 heterocycles. The Hall–Kier alpha value is -1.23. The second-order valence-corrected chi connectivity index (χ2v) is 3.27. The summed E-state index contributed by atoms with van der Waals surface area (Å²) in [5.41, 5.74) is 6.26. The molecule has 0 aliphatic rings. The fraction of sp³-hybridized carbons (Fsp3) is 0.500. The van der Waals surface area contributed by atoms with Crippen LogP contribution < -0.4 is 10.6 Å². The normalized spacial score (nSPS) is 10.7. The predicted molar refractivity (Wildman–Crippen MR) is 56.2 cm³/mol. The zero-order valence-corrected chi connectivity index (χ0v) is 8.66. The molecule has 1 aromatic heterocycles. The van der Waals surface area contributed by atoms with Crippen molar-refractivity contribution in [2.45, 2.75) is 13.3 Å². The fourth-order valence-corrected chi connectivity index (χ4v) is 1.41. The molecule has 0 fully saturated rings. The largest absolute Gasteiger partial charge is 0.349 e. The zero-order valence-electron chi connectivity index (χ0n) is 8.66. The molecule has 1 aromatic rings. The van der Waals surface area contributed by atoms with E-state index in [0.29, 0.717) is 18.9 Å². The van der Waals surface area contributed by atoms with E-state index in [0.717, 1.165) is 5.56 Å². The number of rotatable bonds is 5. The molecule has 84 valence electrons. The highest BCUT2D eigenvalue weighted by Crippen LogP contribution is 2.16. The fourth-order valence-electron chi connectivity index (χ4n) is 1.41. The molecule has 0 atom stereocenters. The lowest BCUT2D eigenvalue weighted by atomic mass is 10.2. The minimum atomic E-state index is -2.38. The predicted octanol–water partition coefficient (Wildman–Crippen LogP) is 1.42. The van der Waals surface area contributed by atoms with Crippen LogP contribution in [0.15, 0.2) is 18.3 Å². The number of nitrogens with two attached hydrogens (primary N) is 1. The van der Waals surface area contributed by atoms with Gasteiger partial charge in [0.15, 0.2) is 0 Å². The Morgan fingerprint density at radius 1 is 1.53 bits per heavy atom. The molecule has 0 radical (unpaired) electrons. The van der Waals surface area contributed by atoms with E-state index in [1.54, 1.807) is 12.3 Å². The van der Waals surface area contributed by atoms with Crippen molar-refractivity contribution in [3.63, 3.8) is 0 Å². The first kappa shape index (κ1) is 11.8. The summed E-state index contributed by atoms with van der Waals surface area (Å²) in [4.78, 5) is 5.60. The molecule has 0 aromatic carbocycles. The van der Waals surface area contributed by atoms with Crippen LogP contribution in [-0.4, -0.2) is 31.0 Å². The summed E-state index contributed by atoms with van der Waals surface area (Å²) in [5, 5.41) is 0. The molecule has 5 heteroatoms. The molecule has 0 spiro atoms. The molecule has 3 nitrogen and oxygen atoms in total. The Morgan fingerprint density at radius 2 is 2.27 bits per heavy atom. The Morgan fingerprint density at radius 3 is 2.80 bits per heavy atom. The first-order valence-electron chi connectivity index (χ1n) is 4.80. The number of pyridine rings is 1. The molecular formula is C10H15F2N3. The van der Waals surface area contributed by atoms with Crippen LogP contribution in [-0.2, 0) is 0 Å². The summed E-state index contributed by atoms with van der Waals surface area (Å²) in [6.07, 6.45) is -0.782. The maximum Gasteiger partial charge on any atom is 0.255 e. The van der Waals surface area contributed by atoms with Gasteiger partial charge in [0.1, 0.15) is 5.82 Å². The molecule has 0 saturated heterocycles. The highest BCUT2D eigenvalue weighted by Gasteiger charge is 2.14. The van der Waals surface area contributed by atoms with Crippen molar-refractivity contribution in [3.05, 3.63) is 23.9 Å². The highest BCUT2D eigenvalue weighted by molar-refractivity contribution is 5.45. The van der Waals surface area contributed by atoms with Crippen molar-refractivity contribution in [1.29, 1.82) is 0 Å². The lowest BCUT2D eigenvalue weighted by Gasteiger charge is -2.23. The molecule has 0 saturated carbocycles. The second-order valence-electron chi connectivity index (χ2n) is 3.27.